The van der Waals surface area contributed by atoms with Crippen LogP contribution in [0.4, 0.5) is 0 Å². The number of hydrogen-bond acceptors (Lipinski definition) is 1. The molecule has 0 aromatic heterocycles. The lowest BCUT2D eigenvalue weighted by atomic mass is 9.97. The average molecular weight is 276 g/mol. The number of hydrogen-bond donors (Lipinski definition) is 1. The quantitative estimate of drug-likeness (QED) is 0.578. The van der Waals surface area contributed by atoms with Crippen LogP contribution in [-0.4, -0.2) is 11.1 Å². The van der Waals surface area contributed by atoms with Gasteiger partial charge in [-0.25, -0.2) is 0 Å². The van der Waals surface area contributed by atoms with Crippen molar-refractivity contribution in [1.82, 2.24) is 0 Å². The highest BCUT2D eigenvalue weighted by Gasteiger charge is 2.02. The molecule has 1 aromatic rings. The van der Waals surface area contributed by atoms with Gasteiger partial charge in [0.05, 0.1) is 0 Å². The number of rotatable bonds is 11. The van der Waals surface area contributed by atoms with E-state index >= 15 is 0 Å². The zero-order chi connectivity index (χ0) is 14.6. The Hall–Kier alpha value is -1.31. The Morgan fingerprint density at radius 1 is 0.900 bits per heavy atom. The van der Waals surface area contributed by atoms with Gasteiger partial charge in [0.25, 0.3) is 0 Å². The molecular weight excluding hydrogens is 248 g/mol. The first-order valence-electron chi connectivity index (χ1n) is 8.02. The van der Waals surface area contributed by atoms with E-state index in [-0.39, 0.29) is 0 Å². The van der Waals surface area contributed by atoms with Crippen LogP contribution in [0.3, 0.4) is 0 Å². The van der Waals surface area contributed by atoms with Gasteiger partial charge < -0.3 is 5.11 Å². The Morgan fingerprint density at radius 2 is 1.45 bits per heavy atom. The van der Waals surface area contributed by atoms with Crippen molar-refractivity contribution in [1.29, 1.82) is 0 Å². The summed E-state index contributed by atoms with van der Waals surface area (Å²) in [5.41, 5.74) is 2.99. The van der Waals surface area contributed by atoms with Crippen LogP contribution in [0, 0.1) is 0 Å². The standard InChI is InChI=1S/C18H28O2/c1-2-3-6-11-16-13-9-10-14-17(16)12-7-4-5-8-15-18(19)20/h9-10,13-14H,2-8,11-12,15H2,1H3,(H,19,20). The third-order valence-corrected chi connectivity index (χ3v) is 3.75. The number of unbranched alkanes of at least 4 members (excludes halogenated alkanes) is 5. The van der Waals surface area contributed by atoms with Crippen LogP contribution in [0.5, 0.6) is 0 Å². The van der Waals surface area contributed by atoms with Crippen molar-refractivity contribution in [3.8, 4) is 0 Å². The highest BCUT2D eigenvalue weighted by atomic mass is 16.4. The Balaban J connectivity index is 2.26. The van der Waals surface area contributed by atoms with Crippen molar-refractivity contribution in [2.45, 2.75) is 71.1 Å². The van der Waals surface area contributed by atoms with Gasteiger partial charge in [-0.05, 0) is 43.2 Å². The highest BCUT2D eigenvalue weighted by Crippen LogP contribution is 2.16. The summed E-state index contributed by atoms with van der Waals surface area (Å²) < 4.78 is 0. The van der Waals surface area contributed by atoms with E-state index in [1.54, 1.807) is 0 Å². The van der Waals surface area contributed by atoms with Crippen LogP contribution in [0.2, 0.25) is 0 Å². The molecule has 0 heterocycles. The molecule has 0 saturated heterocycles. The summed E-state index contributed by atoms with van der Waals surface area (Å²) in [6, 6.07) is 8.77. The molecular formula is C18H28O2. The van der Waals surface area contributed by atoms with E-state index in [1.807, 2.05) is 0 Å². The fraction of sp³-hybridized carbons (Fsp3) is 0.611. The average Bonchev–Trinajstić information content (AvgIpc) is 2.44. The van der Waals surface area contributed by atoms with Crippen molar-refractivity contribution >= 4 is 5.97 Å². The van der Waals surface area contributed by atoms with Gasteiger partial charge in [-0.1, -0.05) is 56.9 Å². The Labute approximate surface area is 123 Å². The second-order valence-electron chi connectivity index (χ2n) is 5.53. The van der Waals surface area contributed by atoms with Crippen molar-refractivity contribution in [3.63, 3.8) is 0 Å². The van der Waals surface area contributed by atoms with Gasteiger partial charge >= 0.3 is 5.97 Å². The molecule has 1 aromatic carbocycles. The molecule has 0 unspecified atom stereocenters. The normalized spacial score (nSPS) is 10.7. The third-order valence-electron chi connectivity index (χ3n) is 3.75. The van der Waals surface area contributed by atoms with Gasteiger partial charge in [0.15, 0.2) is 0 Å². The summed E-state index contributed by atoms with van der Waals surface area (Å²) in [6.07, 6.45) is 10.7. The van der Waals surface area contributed by atoms with E-state index < -0.39 is 5.97 Å². The highest BCUT2D eigenvalue weighted by molar-refractivity contribution is 5.66. The van der Waals surface area contributed by atoms with Gasteiger partial charge in [-0.3, -0.25) is 4.79 Å². The number of aliphatic carboxylic acids is 1. The summed E-state index contributed by atoms with van der Waals surface area (Å²) in [5, 5.41) is 8.59. The Bertz CT molecular complexity index is 385. The zero-order valence-corrected chi connectivity index (χ0v) is 12.7. The van der Waals surface area contributed by atoms with Gasteiger partial charge in [-0.15, -0.1) is 0 Å². The lowest BCUT2D eigenvalue weighted by molar-refractivity contribution is -0.137. The van der Waals surface area contributed by atoms with Crippen LogP contribution in [0.1, 0.15) is 69.4 Å². The van der Waals surface area contributed by atoms with E-state index in [2.05, 4.69) is 31.2 Å². The number of aryl methyl sites for hydroxylation is 2. The molecule has 1 N–H and O–H groups in total. The molecule has 2 heteroatoms. The van der Waals surface area contributed by atoms with Crippen LogP contribution in [-0.2, 0) is 17.6 Å². The minimum Gasteiger partial charge on any atom is -0.481 e. The second kappa shape index (κ2) is 10.5. The van der Waals surface area contributed by atoms with Crippen LogP contribution in [0.15, 0.2) is 24.3 Å². The maximum Gasteiger partial charge on any atom is 0.303 e. The van der Waals surface area contributed by atoms with E-state index in [4.69, 9.17) is 5.11 Å². The summed E-state index contributed by atoms with van der Waals surface area (Å²) in [5.74, 6) is -0.675. The summed E-state index contributed by atoms with van der Waals surface area (Å²) in [6.45, 7) is 2.24. The smallest absolute Gasteiger partial charge is 0.303 e. The first-order valence-corrected chi connectivity index (χ1v) is 8.02. The molecule has 0 radical (unpaired) electrons. The third kappa shape index (κ3) is 7.32. The van der Waals surface area contributed by atoms with Crippen LogP contribution < -0.4 is 0 Å². The molecule has 2 nitrogen and oxygen atoms in total. The lowest BCUT2D eigenvalue weighted by Crippen LogP contribution is -1.96. The largest absolute Gasteiger partial charge is 0.481 e. The molecule has 0 saturated carbocycles. The first kappa shape index (κ1) is 16.7. The minimum absolute atomic E-state index is 0.313. The van der Waals surface area contributed by atoms with E-state index in [1.165, 1.54) is 43.2 Å². The van der Waals surface area contributed by atoms with E-state index in [0.29, 0.717) is 6.42 Å². The number of carboxylic acids is 1. The maximum absolute atomic E-state index is 10.4. The summed E-state index contributed by atoms with van der Waals surface area (Å²) in [4.78, 5) is 10.4. The molecule has 0 spiro atoms. The van der Waals surface area contributed by atoms with Crippen molar-refractivity contribution < 1.29 is 9.90 Å². The summed E-state index contributed by atoms with van der Waals surface area (Å²) >= 11 is 0. The first-order chi connectivity index (χ1) is 9.74. The van der Waals surface area contributed by atoms with Crippen molar-refractivity contribution in [2.24, 2.45) is 0 Å². The molecule has 0 atom stereocenters. The number of carboxylic acid groups (broad SMARTS) is 1. The molecule has 0 bridgehead atoms. The number of benzene rings is 1. The predicted molar refractivity (Wildman–Crippen MR) is 84.1 cm³/mol. The minimum atomic E-state index is -0.675. The fourth-order valence-corrected chi connectivity index (χ4v) is 2.56. The molecule has 0 aliphatic rings. The molecule has 112 valence electrons. The monoisotopic (exact) mass is 276 g/mol. The Morgan fingerprint density at radius 3 is 2.00 bits per heavy atom. The van der Waals surface area contributed by atoms with E-state index in [0.717, 1.165) is 25.7 Å². The van der Waals surface area contributed by atoms with Crippen molar-refractivity contribution in [3.05, 3.63) is 35.4 Å². The number of carbonyl (C=O) groups is 1. The molecule has 0 fully saturated rings. The van der Waals surface area contributed by atoms with Gasteiger partial charge in [0.2, 0.25) is 0 Å². The summed E-state index contributed by atoms with van der Waals surface area (Å²) in [7, 11) is 0. The predicted octanol–water partition coefficient (Wildman–Crippen LogP) is 5.00. The Kier molecular flexibility index (Phi) is 8.77. The van der Waals surface area contributed by atoms with E-state index in [9.17, 15) is 4.79 Å². The molecule has 0 amide bonds. The van der Waals surface area contributed by atoms with Gasteiger partial charge in [0, 0.05) is 6.42 Å². The molecule has 20 heavy (non-hydrogen) atoms. The maximum atomic E-state index is 10.4. The van der Waals surface area contributed by atoms with Crippen LogP contribution in [0.25, 0.3) is 0 Å². The fourth-order valence-electron chi connectivity index (χ4n) is 2.56. The van der Waals surface area contributed by atoms with Crippen LogP contribution >= 0.6 is 0 Å². The van der Waals surface area contributed by atoms with Gasteiger partial charge in [-0.2, -0.15) is 0 Å². The molecule has 0 aliphatic heterocycles. The molecule has 0 aliphatic carbocycles. The molecule has 1 rings (SSSR count). The van der Waals surface area contributed by atoms with Gasteiger partial charge in [0.1, 0.15) is 0 Å². The SMILES string of the molecule is CCCCCc1ccccc1CCCCCCC(=O)O. The topological polar surface area (TPSA) is 37.3 Å². The van der Waals surface area contributed by atoms with Crippen molar-refractivity contribution in [2.75, 3.05) is 0 Å². The zero-order valence-electron chi connectivity index (χ0n) is 12.7. The lowest BCUT2D eigenvalue weighted by Gasteiger charge is -2.09. The second-order valence-corrected chi connectivity index (χ2v) is 5.53.